The Morgan fingerprint density at radius 1 is 1.00 bits per heavy atom. The van der Waals surface area contributed by atoms with Crippen LogP contribution in [-0.2, 0) is 4.79 Å². The third kappa shape index (κ3) is 9.09. The Kier molecular flexibility index (Phi) is 11.9. The van der Waals surface area contributed by atoms with Crippen molar-refractivity contribution in [2.24, 2.45) is 10.7 Å². The van der Waals surface area contributed by atoms with Gasteiger partial charge >= 0.3 is 0 Å². The maximum atomic E-state index is 12.2. The van der Waals surface area contributed by atoms with Crippen LogP contribution in [0.15, 0.2) is 4.99 Å². The molecular formula is C19H37N3O. The zero-order valence-electron chi connectivity index (χ0n) is 15.2. The maximum Gasteiger partial charge on any atom is 0.197 e. The molecule has 0 fully saturated rings. The fraction of sp³-hybridized carbons (Fsp3) is 0.895. The molecule has 0 saturated carbocycles. The summed E-state index contributed by atoms with van der Waals surface area (Å²) in [5.41, 5.74) is 5.58. The van der Waals surface area contributed by atoms with Gasteiger partial charge in [-0.2, -0.15) is 0 Å². The number of hydrogen-bond donors (Lipinski definition) is 1. The first-order valence-electron chi connectivity index (χ1n) is 9.82. The first kappa shape index (κ1) is 20.1. The fourth-order valence-electron chi connectivity index (χ4n) is 3.18. The van der Waals surface area contributed by atoms with Crippen LogP contribution in [0.1, 0.15) is 84.0 Å². The summed E-state index contributed by atoms with van der Waals surface area (Å²) in [7, 11) is 0. The molecule has 23 heavy (non-hydrogen) atoms. The number of aliphatic imine (C=N–C) groups is 1. The SMILES string of the molecule is CCCCCCCCCCCCCC(=O)C1=NCCN1CCN. The number of carbonyl (C=O) groups is 1. The Hall–Kier alpha value is -0.900. The van der Waals surface area contributed by atoms with Crippen LogP contribution in [0.3, 0.4) is 0 Å². The molecule has 0 aliphatic carbocycles. The molecular weight excluding hydrogens is 286 g/mol. The van der Waals surface area contributed by atoms with E-state index in [-0.39, 0.29) is 5.78 Å². The van der Waals surface area contributed by atoms with Gasteiger partial charge in [-0.15, -0.1) is 0 Å². The lowest BCUT2D eigenvalue weighted by atomic mass is 10.0. The van der Waals surface area contributed by atoms with E-state index in [0.29, 0.717) is 18.8 Å². The van der Waals surface area contributed by atoms with Crippen molar-refractivity contribution in [2.45, 2.75) is 84.0 Å². The molecule has 0 aromatic rings. The van der Waals surface area contributed by atoms with Crippen LogP contribution >= 0.6 is 0 Å². The van der Waals surface area contributed by atoms with Gasteiger partial charge in [0.25, 0.3) is 0 Å². The van der Waals surface area contributed by atoms with E-state index >= 15 is 0 Å². The van der Waals surface area contributed by atoms with Gasteiger partial charge in [0.15, 0.2) is 11.6 Å². The van der Waals surface area contributed by atoms with Crippen molar-refractivity contribution in [1.82, 2.24) is 4.90 Å². The van der Waals surface area contributed by atoms with Gasteiger partial charge < -0.3 is 10.6 Å². The van der Waals surface area contributed by atoms with E-state index < -0.39 is 0 Å². The van der Waals surface area contributed by atoms with Crippen molar-refractivity contribution in [1.29, 1.82) is 0 Å². The van der Waals surface area contributed by atoms with E-state index in [4.69, 9.17) is 5.73 Å². The Morgan fingerprint density at radius 3 is 2.13 bits per heavy atom. The quantitative estimate of drug-likeness (QED) is 0.465. The van der Waals surface area contributed by atoms with E-state index in [2.05, 4.69) is 11.9 Å². The molecule has 1 aliphatic heterocycles. The molecule has 0 radical (unpaired) electrons. The van der Waals surface area contributed by atoms with E-state index in [1.807, 2.05) is 4.90 Å². The highest BCUT2D eigenvalue weighted by atomic mass is 16.1. The maximum absolute atomic E-state index is 12.2. The van der Waals surface area contributed by atoms with Crippen LogP contribution in [-0.4, -0.2) is 42.7 Å². The smallest absolute Gasteiger partial charge is 0.197 e. The molecule has 0 aromatic heterocycles. The summed E-state index contributed by atoms with van der Waals surface area (Å²) in [5, 5.41) is 0. The zero-order chi connectivity index (χ0) is 16.8. The largest absolute Gasteiger partial charge is 0.351 e. The highest BCUT2D eigenvalue weighted by Gasteiger charge is 2.22. The number of amidine groups is 1. The molecule has 0 saturated heterocycles. The predicted octanol–water partition coefficient (Wildman–Crippen LogP) is 3.93. The minimum Gasteiger partial charge on any atom is -0.351 e. The molecule has 1 aliphatic rings. The summed E-state index contributed by atoms with van der Waals surface area (Å²) in [6.45, 7) is 5.21. The van der Waals surface area contributed by atoms with Gasteiger partial charge in [-0.1, -0.05) is 71.1 Å². The average Bonchev–Trinajstić information content (AvgIpc) is 3.01. The highest BCUT2D eigenvalue weighted by Crippen LogP contribution is 2.13. The molecule has 2 N–H and O–H groups in total. The van der Waals surface area contributed by atoms with Crippen molar-refractivity contribution in [3.63, 3.8) is 0 Å². The monoisotopic (exact) mass is 323 g/mol. The number of unbranched alkanes of at least 4 members (excludes halogenated alkanes) is 10. The lowest BCUT2D eigenvalue weighted by molar-refractivity contribution is -0.113. The van der Waals surface area contributed by atoms with Gasteiger partial charge in [-0.3, -0.25) is 9.79 Å². The lowest BCUT2D eigenvalue weighted by Crippen LogP contribution is -2.37. The molecule has 0 amide bonds. The van der Waals surface area contributed by atoms with E-state index in [1.165, 1.54) is 64.2 Å². The summed E-state index contributed by atoms with van der Waals surface area (Å²) in [6.07, 6.45) is 15.1. The molecule has 134 valence electrons. The van der Waals surface area contributed by atoms with Crippen molar-refractivity contribution in [3.8, 4) is 0 Å². The number of Topliss-reactive ketones (excluding diaryl/α,β-unsaturated/α-hetero) is 1. The second-order valence-corrected chi connectivity index (χ2v) is 6.69. The van der Waals surface area contributed by atoms with Crippen molar-refractivity contribution in [2.75, 3.05) is 26.2 Å². The number of carbonyl (C=O) groups excluding carboxylic acids is 1. The third-order valence-corrected chi connectivity index (χ3v) is 4.59. The lowest BCUT2D eigenvalue weighted by Gasteiger charge is -2.18. The van der Waals surface area contributed by atoms with Crippen LogP contribution < -0.4 is 5.73 Å². The molecule has 0 aromatic carbocycles. The summed E-state index contributed by atoms with van der Waals surface area (Å²) >= 11 is 0. The van der Waals surface area contributed by atoms with Gasteiger partial charge in [0.05, 0.1) is 6.54 Å². The fourth-order valence-corrected chi connectivity index (χ4v) is 3.18. The zero-order valence-corrected chi connectivity index (χ0v) is 15.2. The highest BCUT2D eigenvalue weighted by molar-refractivity contribution is 6.39. The van der Waals surface area contributed by atoms with Gasteiger partial charge in [0, 0.05) is 26.1 Å². The van der Waals surface area contributed by atoms with Crippen LogP contribution in [0.2, 0.25) is 0 Å². The van der Waals surface area contributed by atoms with Crippen LogP contribution in [0.5, 0.6) is 0 Å². The minimum absolute atomic E-state index is 0.215. The summed E-state index contributed by atoms with van der Waals surface area (Å²) < 4.78 is 0. The first-order chi connectivity index (χ1) is 11.3. The number of ketones is 1. The molecule has 0 unspecified atom stereocenters. The molecule has 0 atom stereocenters. The van der Waals surface area contributed by atoms with Gasteiger partial charge in [0.1, 0.15) is 0 Å². The summed E-state index contributed by atoms with van der Waals surface area (Å²) in [6, 6.07) is 0. The first-order valence-corrected chi connectivity index (χ1v) is 9.82. The molecule has 4 heteroatoms. The second kappa shape index (κ2) is 13.5. The topological polar surface area (TPSA) is 58.7 Å². The molecule has 0 spiro atoms. The van der Waals surface area contributed by atoms with Crippen molar-refractivity contribution < 1.29 is 4.79 Å². The Balaban J connectivity index is 1.93. The Morgan fingerprint density at radius 2 is 1.57 bits per heavy atom. The average molecular weight is 324 g/mol. The minimum atomic E-state index is 0.215. The normalized spacial score (nSPS) is 14.3. The molecule has 1 heterocycles. The van der Waals surface area contributed by atoms with Gasteiger partial charge in [-0.05, 0) is 6.42 Å². The van der Waals surface area contributed by atoms with Crippen LogP contribution in [0.4, 0.5) is 0 Å². The number of nitrogens with two attached hydrogens (primary N) is 1. The molecule has 1 rings (SSSR count). The van der Waals surface area contributed by atoms with Gasteiger partial charge in [-0.25, -0.2) is 0 Å². The van der Waals surface area contributed by atoms with Crippen molar-refractivity contribution >= 4 is 11.6 Å². The number of hydrogen-bond acceptors (Lipinski definition) is 4. The van der Waals surface area contributed by atoms with Crippen LogP contribution in [0.25, 0.3) is 0 Å². The summed E-state index contributed by atoms with van der Waals surface area (Å²) in [4.78, 5) is 18.6. The third-order valence-electron chi connectivity index (χ3n) is 4.59. The van der Waals surface area contributed by atoms with E-state index in [0.717, 1.165) is 26.1 Å². The standard InChI is InChI=1S/C19H37N3O/c1-2-3-4-5-6-7-8-9-10-11-12-13-18(23)19-21-15-17-22(19)16-14-20/h2-17,20H2,1H3. The van der Waals surface area contributed by atoms with E-state index in [9.17, 15) is 4.79 Å². The molecule has 0 bridgehead atoms. The number of nitrogens with zero attached hydrogens (tertiary/aromatic N) is 2. The van der Waals surface area contributed by atoms with Gasteiger partial charge in [0.2, 0.25) is 0 Å². The Bertz CT molecular complexity index is 342. The second-order valence-electron chi connectivity index (χ2n) is 6.69. The van der Waals surface area contributed by atoms with Crippen LogP contribution in [0, 0.1) is 0 Å². The molecule has 4 nitrogen and oxygen atoms in total. The Labute approximate surface area is 142 Å². The predicted molar refractivity (Wildman–Crippen MR) is 99.0 cm³/mol. The van der Waals surface area contributed by atoms with Crippen molar-refractivity contribution in [3.05, 3.63) is 0 Å². The summed E-state index contributed by atoms with van der Waals surface area (Å²) in [5.74, 6) is 0.898. The number of rotatable bonds is 15. The van der Waals surface area contributed by atoms with E-state index in [1.54, 1.807) is 0 Å².